The van der Waals surface area contributed by atoms with E-state index in [1.54, 1.807) is 0 Å². The lowest BCUT2D eigenvalue weighted by Gasteiger charge is -2.45. The van der Waals surface area contributed by atoms with E-state index in [0.717, 1.165) is 0 Å². The number of hydrogen-bond acceptors (Lipinski definition) is 3. The van der Waals surface area contributed by atoms with Crippen molar-refractivity contribution in [2.24, 2.45) is 0 Å². The summed E-state index contributed by atoms with van der Waals surface area (Å²) in [5.41, 5.74) is 0. The van der Waals surface area contributed by atoms with Gasteiger partial charge in [0.1, 0.15) is 0 Å². The van der Waals surface area contributed by atoms with Crippen molar-refractivity contribution in [3.63, 3.8) is 0 Å². The van der Waals surface area contributed by atoms with Gasteiger partial charge in [-0.25, -0.2) is 0 Å². The highest BCUT2D eigenvalue weighted by Gasteiger charge is 2.53. The van der Waals surface area contributed by atoms with Crippen LogP contribution in [0.25, 0.3) is 0 Å². The molecule has 1 aliphatic heterocycles. The summed E-state index contributed by atoms with van der Waals surface area (Å²) in [7, 11) is -2.71. The van der Waals surface area contributed by atoms with Crippen molar-refractivity contribution in [3.8, 4) is 0 Å². The largest absolute Gasteiger partial charge is 0.402 e. The molecule has 2 aromatic rings. The number of aliphatic hydroxyl groups is 1. The predicted molar refractivity (Wildman–Crippen MR) is 106 cm³/mol. The first-order chi connectivity index (χ1) is 12.4. The van der Waals surface area contributed by atoms with Crippen LogP contribution in [0.3, 0.4) is 0 Å². The second-order valence-electron chi connectivity index (χ2n) is 7.88. The Balaban J connectivity index is 2.16. The molecule has 0 saturated carbocycles. The molecule has 3 rings (SSSR count). The minimum atomic E-state index is -2.71. The summed E-state index contributed by atoms with van der Waals surface area (Å²) in [6, 6.07) is 20.3. The fourth-order valence-corrected chi connectivity index (χ4v) is 8.61. The van der Waals surface area contributed by atoms with Gasteiger partial charge in [0.2, 0.25) is 5.91 Å². The first-order valence-electron chi connectivity index (χ1n) is 9.07. The van der Waals surface area contributed by atoms with Gasteiger partial charge in [-0.15, -0.1) is 0 Å². The maximum atomic E-state index is 11.9. The Labute approximate surface area is 156 Å². The highest BCUT2D eigenvalue weighted by atomic mass is 28.4. The molecule has 0 bridgehead atoms. The second-order valence-corrected chi connectivity index (χ2v) is 12.1. The van der Waals surface area contributed by atoms with Crippen molar-refractivity contribution in [1.29, 1.82) is 0 Å². The molecule has 2 aromatic carbocycles. The molecule has 0 aliphatic carbocycles. The standard InChI is InChI=1S/C21H27NO3Si/c1-21(2,3)26(16-10-6-4-7-11-16,17-12-8-5-9-13-17)25-19-14-20(24)22-18(19)15-23/h4-13,18-19,23H,14-15H2,1-3H3,(H,22,24)/t18-,19+/m0/s1. The van der Waals surface area contributed by atoms with Gasteiger partial charge in [-0.05, 0) is 15.4 Å². The molecule has 1 heterocycles. The number of nitrogens with one attached hydrogen (secondary N) is 1. The third-order valence-corrected chi connectivity index (χ3v) is 10.2. The zero-order valence-corrected chi connectivity index (χ0v) is 16.6. The Hall–Kier alpha value is -1.95. The number of aliphatic hydroxyl groups excluding tert-OH is 1. The number of amides is 1. The fraction of sp³-hybridized carbons (Fsp3) is 0.381. The summed E-state index contributed by atoms with van der Waals surface area (Å²) in [4.78, 5) is 11.9. The Kier molecular flexibility index (Phi) is 5.32. The lowest BCUT2D eigenvalue weighted by atomic mass is 10.2. The van der Waals surface area contributed by atoms with Crippen LogP contribution in [0.15, 0.2) is 60.7 Å². The summed E-state index contributed by atoms with van der Waals surface area (Å²) < 4.78 is 6.91. The zero-order chi connectivity index (χ0) is 18.8. The molecule has 138 valence electrons. The van der Waals surface area contributed by atoms with Crippen molar-refractivity contribution in [2.45, 2.75) is 44.4 Å². The molecule has 2 N–H and O–H groups in total. The quantitative estimate of drug-likeness (QED) is 0.791. The summed E-state index contributed by atoms with van der Waals surface area (Å²) in [6.45, 7) is 6.50. The molecule has 0 spiro atoms. The van der Waals surface area contributed by atoms with Gasteiger partial charge >= 0.3 is 0 Å². The lowest BCUT2D eigenvalue weighted by molar-refractivity contribution is -0.119. The van der Waals surface area contributed by atoms with E-state index in [4.69, 9.17) is 4.43 Å². The number of hydrogen-bond donors (Lipinski definition) is 2. The van der Waals surface area contributed by atoms with Crippen LogP contribution in [-0.4, -0.2) is 38.1 Å². The van der Waals surface area contributed by atoms with Crippen LogP contribution < -0.4 is 15.7 Å². The molecule has 4 nitrogen and oxygen atoms in total. The van der Waals surface area contributed by atoms with Crippen molar-refractivity contribution >= 4 is 24.6 Å². The van der Waals surface area contributed by atoms with E-state index in [1.165, 1.54) is 10.4 Å². The Bertz CT molecular complexity index is 703. The summed E-state index contributed by atoms with van der Waals surface area (Å²) in [5, 5.41) is 14.8. The smallest absolute Gasteiger partial charge is 0.261 e. The summed E-state index contributed by atoms with van der Waals surface area (Å²) in [6.07, 6.45) is -0.0470. The number of benzene rings is 2. The zero-order valence-electron chi connectivity index (χ0n) is 15.6. The van der Waals surface area contributed by atoms with E-state index in [-0.39, 0.29) is 36.1 Å². The number of carbonyl (C=O) groups excluding carboxylic acids is 1. The van der Waals surface area contributed by atoms with Crippen LogP contribution in [0.1, 0.15) is 27.2 Å². The Morgan fingerprint density at radius 2 is 1.54 bits per heavy atom. The van der Waals surface area contributed by atoms with Gasteiger partial charge in [0.15, 0.2) is 0 Å². The highest BCUT2D eigenvalue weighted by molar-refractivity contribution is 6.99. The minimum absolute atomic E-state index is 0.0630. The molecule has 1 fully saturated rings. The van der Waals surface area contributed by atoms with Crippen molar-refractivity contribution in [1.82, 2.24) is 5.32 Å². The van der Waals surface area contributed by atoms with Crippen LogP contribution >= 0.6 is 0 Å². The molecule has 1 saturated heterocycles. The van der Waals surface area contributed by atoms with E-state index in [0.29, 0.717) is 0 Å². The van der Waals surface area contributed by atoms with Crippen LogP contribution in [0.4, 0.5) is 0 Å². The SMILES string of the molecule is CC(C)(C)[Si](O[C@@H]1CC(=O)N[C@H]1CO)(c1ccccc1)c1ccccc1. The Morgan fingerprint density at radius 1 is 1.04 bits per heavy atom. The molecule has 5 heteroatoms. The normalized spacial score (nSPS) is 20.8. The van der Waals surface area contributed by atoms with E-state index in [9.17, 15) is 9.90 Å². The average molecular weight is 370 g/mol. The van der Waals surface area contributed by atoms with Gasteiger partial charge < -0.3 is 14.8 Å². The number of carbonyl (C=O) groups is 1. The van der Waals surface area contributed by atoms with Crippen LogP contribution in [0, 0.1) is 0 Å². The van der Waals surface area contributed by atoms with E-state index in [2.05, 4.69) is 50.4 Å². The topological polar surface area (TPSA) is 58.6 Å². The van der Waals surface area contributed by atoms with Crippen LogP contribution in [0.5, 0.6) is 0 Å². The lowest BCUT2D eigenvalue weighted by Crippen LogP contribution is -2.68. The van der Waals surface area contributed by atoms with Crippen molar-refractivity contribution in [3.05, 3.63) is 60.7 Å². The maximum absolute atomic E-state index is 11.9. The molecule has 0 aromatic heterocycles. The third kappa shape index (κ3) is 3.34. The molecular formula is C21H27NO3Si. The van der Waals surface area contributed by atoms with E-state index < -0.39 is 8.32 Å². The maximum Gasteiger partial charge on any atom is 0.261 e. The first kappa shape index (κ1) is 18.8. The molecular weight excluding hydrogens is 342 g/mol. The monoisotopic (exact) mass is 369 g/mol. The van der Waals surface area contributed by atoms with Gasteiger partial charge in [0.05, 0.1) is 25.2 Å². The molecule has 0 radical (unpaired) electrons. The number of rotatable bonds is 5. The van der Waals surface area contributed by atoms with Crippen molar-refractivity contribution < 1.29 is 14.3 Å². The fourth-order valence-electron chi connectivity index (χ4n) is 3.89. The van der Waals surface area contributed by atoms with Gasteiger partial charge in [-0.1, -0.05) is 81.4 Å². The van der Waals surface area contributed by atoms with Crippen molar-refractivity contribution in [2.75, 3.05) is 6.61 Å². The average Bonchev–Trinajstić information content (AvgIpc) is 2.99. The van der Waals surface area contributed by atoms with E-state index in [1.807, 2.05) is 36.4 Å². The van der Waals surface area contributed by atoms with Crippen LogP contribution in [0.2, 0.25) is 5.04 Å². The van der Waals surface area contributed by atoms with Gasteiger partial charge in [0, 0.05) is 0 Å². The van der Waals surface area contributed by atoms with Gasteiger partial charge in [-0.3, -0.25) is 4.79 Å². The Morgan fingerprint density at radius 3 is 1.96 bits per heavy atom. The molecule has 2 atom stereocenters. The van der Waals surface area contributed by atoms with E-state index >= 15 is 0 Å². The molecule has 1 amide bonds. The second kappa shape index (κ2) is 7.35. The van der Waals surface area contributed by atoms with Gasteiger partial charge in [-0.2, -0.15) is 0 Å². The third-order valence-electron chi connectivity index (χ3n) is 5.12. The molecule has 1 aliphatic rings. The summed E-state index contributed by atoms with van der Waals surface area (Å²) >= 11 is 0. The predicted octanol–water partition coefficient (Wildman–Crippen LogP) is 1.81. The highest BCUT2D eigenvalue weighted by Crippen LogP contribution is 2.38. The summed E-state index contributed by atoms with van der Waals surface area (Å²) in [5.74, 6) is -0.0630. The molecule has 0 unspecified atom stereocenters. The first-order valence-corrected chi connectivity index (χ1v) is 11.0. The minimum Gasteiger partial charge on any atom is -0.402 e. The van der Waals surface area contributed by atoms with Gasteiger partial charge in [0.25, 0.3) is 8.32 Å². The van der Waals surface area contributed by atoms with Crippen LogP contribution in [-0.2, 0) is 9.22 Å². The molecule has 26 heavy (non-hydrogen) atoms.